The predicted molar refractivity (Wildman–Crippen MR) is 83.7 cm³/mol. The second-order valence-corrected chi connectivity index (χ2v) is 7.10. The summed E-state index contributed by atoms with van der Waals surface area (Å²) < 4.78 is 6.51. The highest BCUT2D eigenvalue weighted by atomic mass is 16.5. The molecule has 0 aromatic heterocycles. The first kappa shape index (κ1) is 15.2. The first-order valence-corrected chi connectivity index (χ1v) is 7.65. The van der Waals surface area contributed by atoms with Crippen LogP contribution in [0.3, 0.4) is 0 Å². The van der Waals surface area contributed by atoms with Crippen molar-refractivity contribution in [3.05, 3.63) is 22.3 Å². The highest BCUT2D eigenvalue weighted by Gasteiger charge is 2.45. The molecule has 0 saturated heterocycles. The first-order chi connectivity index (χ1) is 9.14. The summed E-state index contributed by atoms with van der Waals surface area (Å²) in [5, 5.41) is 10.2. The lowest BCUT2D eigenvalue weighted by molar-refractivity contribution is -0.0460. The quantitative estimate of drug-likeness (QED) is 0.837. The van der Waals surface area contributed by atoms with Crippen molar-refractivity contribution in [1.82, 2.24) is 0 Å². The Morgan fingerprint density at radius 3 is 2.30 bits per heavy atom. The smallest absolute Gasteiger partial charge is 0.127 e. The van der Waals surface area contributed by atoms with Gasteiger partial charge in [-0.25, -0.2) is 0 Å². The monoisotopic (exact) mass is 276 g/mol. The van der Waals surface area contributed by atoms with Crippen molar-refractivity contribution < 1.29 is 9.84 Å². The number of hydrogen-bond acceptors (Lipinski definition) is 2. The third-order valence-corrected chi connectivity index (χ3v) is 5.84. The molecule has 112 valence electrons. The number of phenols is 1. The Kier molecular flexibility index (Phi) is 3.56. The van der Waals surface area contributed by atoms with Crippen LogP contribution in [0.4, 0.5) is 0 Å². The summed E-state index contributed by atoms with van der Waals surface area (Å²) >= 11 is 0. The van der Waals surface area contributed by atoms with Crippen LogP contribution in [0.5, 0.6) is 11.5 Å². The fraction of sp³-hybridized carbons (Fsp3) is 0.667. The van der Waals surface area contributed by atoms with E-state index in [1.165, 1.54) is 5.56 Å². The van der Waals surface area contributed by atoms with E-state index >= 15 is 0 Å². The molecule has 0 fully saturated rings. The molecule has 1 heterocycles. The van der Waals surface area contributed by atoms with Gasteiger partial charge in [-0.2, -0.15) is 0 Å². The summed E-state index contributed by atoms with van der Waals surface area (Å²) in [5.74, 6) is 1.44. The topological polar surface area (TPSA) is 29.5 Å². The van der Waals surface area contributed by atoms with Crippen LogP contribution in [0.15, 0.2) is 0 Å². The molecule has 20 heavy (non-hydrogen) atoms. The minimum atomic E-state index is -0.143. The standard InChI is InChI=1S/C18H28O2/c1-8-17(5,6)18(7)10-9-14-13(4)15(19)11(2)12(3)16(14)20-18/h19H,8-10H2,1-7H3. The molecule has 0 saturated carbocycles. The van der Waals surface area contributed by atoms with Gasteiger partial charge in [-0.3, -0.25) is 0 Å². The van der Waals surface area contributed by atoms with Crippen molar-refractivity contribution in [3.63, 3.8) is 0 Å². The molecule has 2 rings (SSSR count). The Labute approximate surface area is 123 Å². The van der Waals surface area contributed by atoms with Crippen LogP contribution in [0.25, 0.3) is 0 Å². The summed E-state index contributed by atoms with van der Waals surface area (Å²) in [6, 6.07) is 0. The molecule has 1 aromatic carbocycles. The van der Waals surface area contributed by atoms with Crippen LogP contribution in [0.2, 0.25) is 0 Å². The Morgan fingerprint density at radius 2 is 1.75 bits per heavy atom. The van der Waals surface area contributed by atoms with E-state index < -0.39 is 0 Å². The van der Waals surface area contributed by atoms with Gasteiger partial charge in [0.05, 0.1) is 0 Å². The highest BCUT2D eigenvalue weighted by Crippen LogP contribution is 2.49. The third kappa shape index (κ3) is 2.01. The zero-order chi connectivity index (χ0) is 15.3. The fourth-order valence-electron chi connectivity index (χ4n) is 3.10. The van der Waals surface area contributed by atoms with Crippen molar-refractivity contribution in [2.45, 2.75) is 73.3 Å². The Balaban J connectivity index is 2.56. The largest absolute Gasteiger partial charge is 0.507 e. The van der Waals surface area contributed by atoms with Crippen LogP contribution >= 0.6 is 0 Å². The van der Waals surface area contributed by atoms with Gasteiger partial charge in [-0.1, -0.05) is 20.8 Å². The van der Waals surface area contributed by atoms with Crippen LogP contribution in [0.1, 0.15) is 62.8 Å². The summed E-state index contributed by atoms with van der Waals surface area (Å²) in [7, 11) is 0. The summed E-state index contributed by atoms with van der Waals surface area (Å²) in [6.07, 6.45) is 3.08. The average molecular weight is 276 g/mol. The molecule has 0 spiro atoms. The van der Waals surface area contributed by atoms with E-state index in [-0.39, 0.29) is 11.0 Å². The van der Waals surface area contributed by atoms with E-state index in [0.717, 1.165) is 41.7 Å². The molecule has 0 amide bonds. The number of benzene rings is 1. The van der Waals surface area contributed by atoms with Crippen molar-refractivity contribution in [2.75, 3.05) is 0 Å². The second kappa shape index (κ2) is 4.68. The lowest BCUT2D eigenvalue weighted by Gasteiger charge is -2.47. The van der Waals surface area contributed by atoms with Gasteiger partial charge >= 0.3 is 0 Å². The Morgan fingerprint density at radius 1 is 1.15 bits per heavy atom. The average Bonchev–Trinajstić information content (AvgIpc) is 2.42. The third-order valence-electron chi connectivity index (χ3n) is 5.84. The molecule has 1 unspecified atom stereocenters. The molecule has 0 radical (unpaired) electrons. The highest BCUT2D eigenvalue weighted by molar-refractivity contribution is 5.58. The van der Waals surface area contributed by atoms with Crippen LogP contribution < -0.4 is 4.74 Å². The van der Waals surface area contributed by atoms with Crippen LogP contribution in [0, 0.1) is 26.2 Å². The molecule has 1 aliphatic rings. The van der Waals surface area contributed by atoms with E-state index in [1.54, 1.807) is 0 Å². The molecule has 2 nitrogen and oxygen atoms in total. The summed E-state index contributed by atoms with van der Waals surface area (Å²) in [5.41, 5.74) is 4.20. The van der Waals surface area contributed by atoms with Crippen molar-refractivity contribution in [2.24, 2.45) is 5.41 Å². The van der Waals surface area contributed by atoms with Crippen molar-refractivity contribution >= 4 is 0 Å². The number of hydrogen-bond donors (Lipinski definition) is 1. The lowest BCUT2D eigenvalue weighted by Crippen LogP contribution is -2.49. The van der Waals surface area contributed by atoms with Gasteiger partial charge in [0, 0.05) is 11.0 Å². The van der Waals surface area contributed by atoms with Crippen molar-refractivity contribution in [1.29, 1.82) is 0 Å². The zero-order valence-corrected chi connectivity index (χ0v) is 14.0. The molecule has 1 aliphatic heterocycles. The van der Waals surface area contributed by atoms with Gasteiger partial charge in [0.15, 0.2) is 0 Å². The molecule has 1 atom stereocenters. The summed E-state index contributed by atoms with van der Waals surface area (Å²) in [6.45, 7) is 15.1. The zero-order valence-electron chi connectivity index (χ0n) is 14.0. The maximum atomic E-state index is 10.2. The molecular formula is C18H28O2. The van der Waals surface area contributed by atoms with E-state index in [1.807, 2.05) is 13.8 Å². The molecule has 2 heteroatoms. The second-order valence-electron chi connectivity index (χ2n) is 7.10. The maximum Gasteiger partial charge on any atom is 0.127 e. The normalized spacial score (nSPS) is 22.4. The number of rotatable bonds is 2. The lowest BCUT2D eigenvalue weighted by atomic mass is 9.69. The maximum absolute atomic E-state index is 10.2. The van der Waals surface area contributed by atoms with Gasteiger partial charge in [0.2, 0.25) is 0 Å². The van der Waals surface area contributed by atoms with E-state index in [9.17, 15) is 5.11 Å². The van der Waals surface area contributed by atoms with Gasteiger partial charge in [-0.15, -0.1) is 0 Å². The van der Waals surface area contributed by atoms with Gasteiger partial charge in [-0.05, 0) is 63.6 Å². The predicted octanol–water partition coefficient (Wildman–Crippen LogP) is 4.84. The van der Waals surface area contributed by atoms with Crippen LogP contribution in [-0.4, -0.2) is 10.7 Å². The molecule has 0 aliphatic carbocycles. The number of aromatic hydroxyl groups is 1. The fourth-order valence-corrected chi connectivity index (χ4v) is 3.10. The molecule has 0 bridgehead atoms. The number of fused-ring (bicyclic) bond motifs is 1. The minimum Gasteiger partial charge on any atom is -0.507 e. The van der Waals surface area contributed by atoms with Gasteiger partial charge < -0.3 is 9.84 Å². The number of ether oxygens (including phenoxy) is 1. The SMILES string of the molecule is CCC(C)(C)C1(C)CCc2c(C)c(O)c(C)c(C)c2O1. The van der Waals surface area contributed by atoms with Gasteiger partial charge in [0.25, 0.3) is 0 Å². The molecule has 1 N–H and O–H groups in total. The first-order valence-electron chi connectivity index (χ1n) is 7.65. The van der Waals surface area contributed by atoms with Gasteiger partial charge in [0.1, 0.15) is 17.1 Å². The summed E-state index contributed by atoms with van der Waals surface area (Å²) in [4.78, 5) is 0. The van der Waals surface area contributed by atoms with Crippen molar-refractivity contribution in [3.8, 4) is 11.5 Å². The molecule has 1 aromatic rings. The number of phenolic OH excluding ortho intramolecular Hbond substituents is 1. The Hall–Kier alpha value is -1.18. The van der Waals surface area contributed by atoms with E-state index in [4.69, 9.17) is 4.74 Å². The van der Waals surface area contributed by atoms with E-state index in [2.05, 4.69) is 34.6 Å². The van der Waals surface area contributed by atoms with Crippen LogP contribution in [-0.2, 0) is 6.42 Å². The van der Waals surface area contributed by atoms with E-state index in [0.29, 0.717) is 5.75 Å². The molecular weight excluding hydrogens is 248 g/mol. The Bertz CT molecular complexity index is 543. The minimum absolute atomic E-state index is 0.136.